The van der Waals surface area contributed by atoms with Gasteiger partial charge in [0.1, 0.15) is 5.75 Å². The van der Waals surface area contributed by atoms with E-state index < -0.39 is 0 Å². The van der Waals surface area contributed by atoms with E-state index in [4.69, 9.17) is 39.5 Å². The number of amides is 1. The maximum Gasteiger partial charge on any atom is 0.220 e. The van der Waals surface area contributed by atoms with E-state index in [-0.39, 0.29) is 5.91 Å². The highest BCUT2D eigenvalue weighted by molar-refractivity contribution is 6.35. The summed E-state index contributed by atoms with van der Waals surface area (Å²) in [6.45, 7) is 0.984. The zero-order valence-corrected chi connectivity index (χ0v) is 16.8. The molecule has 3 rings (SSSR count). The highest BCUT2D eigenvalue weighted by atomic mass is 35.5. The summed E-state index contributed by atoms with van der Waals surface area (Å²) in [5, 5.41) is 5.75. The molecule has 1 aromatic heterocycles. The largest absolute Gasteiger partial charge is 0.492 e. The minimum absolute atomic E-state index is 0.00123. The van der Waals surface area contributed by atoms with E-state index in [9.17, 15) is 4.79 Å². The first kappa shape index (κ1) is 19.9. The smallest absolute Gasteiger partial charge is 0.220 e. The molecule has 0 aliphatic rings. The van der Waals surface area contributed by atoms with Crippen molar-refractivity contribution in [3.8, 4) is 5.75 Å². The van der Waals surface area contributed by atoms with Crippen LogP contribution in [0.5, 0.6) is 5.75 Å². The van der Waals surface area contributed by atoms with Crippen LogP contribution in [-0.2, 0) is 11.2 Å². The van der Waals surface area contributed by atoms with Crippen LogP contribution in [-0.4, -0.2) is 24.0 Å². The maximum atomic E-state index is 12.0. The summed E-state index contributed by atoms with van der Waals surface area (Å²) >= 11 is 17.9. The molecule has 7 heteroatoms. The summed E-state index contributed by atoms with van der Waals surface area (Å²) in [7, 11) is 0. The predicted octanol–water partition coefficient (Wildman–Crippen LogP) is 5.65. The minimum Gasteiger partial charge on any atom is -0.492 e. The van der Waals surface area contributed by atoms with Crippen LogP contribution in [0.2, 0.25) is 15.1 Å². The van der Waals surface area contributed by atoms with Gasteiger partial charge >= 0.3 is 0 Å². The molecule has 0 fully saturated rings. The molecule has 142 valence electrons. The number of carbonyl (C=O) groups is 1. The van der Waals surface area contributed by atoms with Crippen LogP contribution in [0, 0.1) is 0 Å². The number of hydrogen-bond acceptors (Lipinski definition) is 2. The number of aromatic nitrogens is 1. The minimum atomic E-state index is -0.00123. The normalized spacial score (nSPS) is 10.9. The fraction of sp³-hybridized carbons (Fsp3) is 0.250. The molecule has 0 radical (unpaired) electrons. The molecule has 0 saturated heterocycles. The number of hydrogen-bond donors (Lipinski definition) is 2. The van der Waals surface area contributed by atoms with Gasteiger partial charge in [0.05, 0.1) is 11.6 Å². The average molecular weight is 426 g/mol. The summed E-state index contributed by atoms with van der Waals surface area (Å²) in [6, 6.07) is 10.8. The monoisotopic (exact) mass is 424 g/mol. The number of rotatable bonds is 8. The SMILES string of the molecule is O=C(CCCOc1ccc(Cl)cc1Cl)NCCc1c[nH]c2ccc(Cl)cc12. The molecular formula is C20H19Cl3N2O2. The van der Waals surface area contributed by atoms with Crippen molar-refractivity contribution in [2.45, 2.75) is 19.3 Å². The van der Waals surface area contributed by atoms with Gasteiger partial charge < -0.3 is 15.0 Å². The molecule has 27 heavy (non-hydrogen) atoms. The van der Waals surface area contributed by atoms with Crippen molar-refractivity contribution in [2.75, 3.05) is 13.2 Å². The quantitative estimate of drug-likeness (QED) is 0.458. The van der Waals surface area contributed by atoms with Gasteiger partial charge in [-0.3, -0.25) is 4.79 Å². The van der Waals surface area contributed by atoms with Crippen LogP contribution in [0.4, 0.5) is 0 Å². The number of carbonyl (C=O) groups excluding carboxylic acids is 1. The number of benzene rings is 2. The molecule has 0 bridgehead atoms. The number of nitrogens with one attached hydrogen (secondary N) is 2. The maximum absolute atomic E-state index is 12.0. The molecule has 0 aliphatic carbocycles. The van der Waals surface area contributed by atoms with Gasteiger partial charge in [-0.15, -0.1) is 0 Å². The van der Waals surface area contributed by atoms with E-state index in [2.05, 4.69) is 10.3 Å². The van der Waals surface area contributed by atoms with E-state index in [1.165, 1.54) is 0 Å². The molecule has 4 nitrogen and oxygen atoms in total. The number of aromatic amines is 1. The van der Waals surface area contributed by atoms with Crippen molar-refractivity contribution in [1.29, 1.82) is 0 Å². The van der Waals surface area contributed by atoms with E-state index in [0.717, 1.165) is 22.9 Å². The summed E-state index contributed by atoms with van der Waals surface area (Å²) in [4.78, 5) is 15.2. The summed E-state index contributed by atoms with van der Waals surface area (Å²) in [6.07, 6.45) is 3.69. The molecule has 2 aromatic carbocycles. The Morgan fingerprint density at radius 1 is 1.07 bits per heavy atom. The number of ether oxygens (including phenoxy) is 1. The Morgan fingerprint density at radius 2 is 1.85 bits per heavy atom. The highest BCUT2D eigenvalue weighted by Gasteiger charge is 2.07. The molecule has 1 amide bonds. The third-order valence-corrected chi connectivity index (χ3v) is 4.91. The molecule has 1 heterocycles. The Balaban J connectivity index is 1.37. The molecule has 0 spiro atoms. The lowest BCUT2D eigenvalue weighted by molar-refractivity contribution is -0.121. The van der Waals surface area contributed by atoms with Gasteiger partial charge in [-0.2, -0.15) is 0 Å². The molecule has 0 unspecified atom stereocenters. The van der Waals surface area contributed by atoms with Crippen LogP contribution < -0.4 is 10.1 Å². The molecule has 0 atom stereocenters. The summed E-state index contributed by atoms with van der Waals surface area (Å²) in [5.41, 5.74) is 2.17. The Kier molecular flexibility index (Phi) is 6.89. The predicted molar refractivity (Wildman–Crippen MR) is 111 cm³/mol. The lowest BCUT2D eigenvalue weighted by Crippen LogP contribution is -2.25. The first-order chi connectivity index (χ1) is 13.0. The second kappa shape index (κ2) is 9.36. The van der Waals surface area contributed by atoms with Crippen molar-refractivity contribution in [3.05, 3.63) is 63.2 Å². The van der Waals surface area contributed by atoms with Crippen molar-refractivity contribution >= 4 is 51.6 Å². The lowest BCUT2D eigenvalue weighted by atomic mass is 10.1. The average Bonchev–Trinajstić information content (AvgIpc) is 3.02. The highest BCUT2D eigenvalue weighted by Crippen LogP contribution is 2.27. The van der Waals surface area contributed by atoms with Gasteiger partial charge in [0.15, 0.2) is 0 Å². The second-order valence-corrected chi connectivity index (χ2v) is 7.41. The van der Waals surface area contributed by atoms with Gasteiger partial charge in [0.2, 0.25) is 5.91 Å². The lowest BCUT2D eigenvalue weighted by Gasteiger charge is -2.08. The Labute approximate surface area is 172 Å². The fourth-order valence-corrected chi connectivity index (χ4v) is 3.42. The van der Waals surface area contributed by atoms with Crippen LogP contribution in [0.15, 0.2) is 42.6 Å². The third kappa shape index (κ3) is 5.55. The van der Waals surface area contributed by atoms with Gasteiger partial charge in [-0.25, -0.2) is 0 Å². The first-order valence-electron chi connectivity index (χ1n) is 8.63. The van der Waals surface area contributed by atoms with Gasteiger partial charge in [-0.1, -0.05) is 34.8 Å². The molecule has 3 aromatic rings. The standard InChI is InChI=1S/C20H19Cl3N2O2/c21-14-3-5-18-16(10-14)13(12-25-18)7-8-24-20(26)2-1-9-27-19-6-4-15(22)11-17(19)23/h3-6,10-12,25H,1-2,7-9H2,(H,24,26). The molecular weight excluding hydrogens is 407 g/mol. The topological polar surface area (TPSA) is 54.1 Å². The third-order valence-electron chi connectivity index (χ3n) is 4.15. The Morgan fingerprint density at radius 3 is 2.67 bits per heavy atom. The van der Waals surface area contributed by atoms with Crippen LogP contribution >= 0.6 is 34.8 Å². The molecule has 0 aliphatic heterocycles. The van der Waals surface area contributed by atoms with Crippen LogP contribution in [0.3, 0.4) is 0 Å². The number of fused-ring (bicyclic) bond motifs is 1. The zero-order chi connectivity index (χ0) is 19.2. The van der Waals surface area contributed by atoms with E-state index in [1.807, 2.05) is 24.4 Å². The first-order valence-corrected chi connectivity index (χ1v) is 9.76. The van der Waals surface area contributed by atoms with Crippen molar-refractivity contribution in [1.82, 2.24) is 10.3 Å². The van der Waals surface area contributed by atoms with E-state index >= 15 is 0 Å². The van der Waals surface area contributed by atoms with Crippen LogP contribution in [0.1, 0.15) is 18.4 Å². The number of H-pyrrole nitrogens is 1. The summed E-state index contributed by atoms with van der Waals surface area (Å²) < 4.78 is 5.58. The van der Waals surface area contributed by atoms with Gasteiger partial charge in [0.25, 0.3) is 0 Å². The van der Waals surface area contributed by atoms with Crippen molar-refractivity contribution in [2.24, 2.45) is 0 Å². The number of halogens is 3. The van der Waals surface area contributed by atoms with E-state index in [1.54, 1.807) is 18.2 Å². The van der Waals surface area contributed by atoms with E-state index in [0.29, 0.717) is 46.8 Å². The fourth-order valence-electron chi connectivity index (χ4n) is 2.79. The Bertz CT molecular complexity index is 940. The van der Waals surface area contributed by atoms with Crippen molar-refractivity contribution in [3.63, 3.8) is 0 Å². The van der Waals surface area contributed by atoms with Gasteiger partial charge in [-0.05, 0) is 54.8 Å². The van der Waals surface area contributed by atoms with Crippen molar-refractivity contribution < 1.29 is 9.53 Å². The Hall–Kier alpha value is -1.88. The molecule has 2 N–H and O–H groups in total. The summed E-state index contributed by atoms with van der Waals surface area (Å²) in [5.74, 6) is 0.568. The molecule has 0 saturated carbocycles. The second-order valence-electron chi connectivity index (χ2n) is 6.13. The van der Waals surface area contributed by atoms with Gasteiger partial charge in [0, 0.05) is 40.1 Å². The zero-order valence-electron chi connectivity index (χ0n) is 14.5. The van der Waals surface area contributed by atoms with Crippen LogP contribution in [0.25, 0.3) is 10.9 Å².